The molecule has 7 rings (SSSR count). The number of imidazole rings is 1. The zero-order chi connectivity index (χ0) is 26.3. The van der Waals surface area contributed by atoms with E-state index in [2.05, 4.69) is 40.4 Å². The summed E-state index contributed by atoms with van der Waals surface area (Å²) in [5.41, 5.74) is 4.40. The van der Waals surface area contributed by atoms with E-state index in [1.54, 1.807) is 30.7 Å². The molecule has 11 heteroatoms. The van der Waals surface area contributed by atoms with Crippen molar-refractivity contribution in [2.75, 3.05) is 5.32 Å². The number of fused-ring (bicyclic) bond motifs is 2. The minimum atomic E-state index is -0.569. The maximum atomic E-state index is 16.1. The first-order valence-electron chi connectivity index (χ1n) is 12.7. The minimum Gasteiger partial charge on any atom is -0.336 e. The summed E-state index contributed by atoms with van der Waals surface area (Å²) in [6.07, 6.45) is 11.9. The Bertz CT molecular complexity index is 1840. The Hall–Kier alpha value is -5.06. The molecule has 3 N–H and O–H groups in total. The van der Waals surface area contributed by atoms with Crippen LogP contribution in [0.5, 0.6) is 0 Å². The third kappa shape index (κ3) is 4.08. The first-order chi connectivity index (χ1) is 19.2. The molecule has 0 bridgehead atoms. The number of aromatic amines is 2. The Labute approximate surface area is 221 Å². The van der Waals surface area contributed by atoms with Crippen LogP contribution < -0.4 is 5.32 Å². The SMILES string of the molecule is O=C(Nc1cncc(-c2ncc3[nH]nc(-c4nc5c(-c6ccccn6)nccc5[nH]4)c3c2F)c1)C1CCCC1. The van der Waals surface area contributed by atoms with E-state index in [1.165, 1.54) is 12.4 Å². The number of amides is 1. The van der Waals surface area contributed by atoms with Crippen LogP contribution in [-0.2, 0) is 4.79 Å². The van der Waals surface area contributed by atoms with E-state index in [0.717, 1.165) is 31.2 Å². The van der Waals surface area contributed by atoms with Crippen LogP contribution in [-0.4, -0.2) is 46.0 Å². The molecule has 1 amide bonds. The highest BCUT2D eigenvalue weighted by molar-refractivity contribution is 5.97. The van der Waals surface area contributed by atoms with Gasteiger partial charge in [-0.3, -0.25) is 29.8 Å². The number of aromatic nitrogens is 8. The third-order valence-electron chi connectivity index (χ3n) is 7.08. The molecule has 6 heterocycles. The van der Waals surface area contributed by atoms with Gasteiger partial charge in [0.15, 0.2) is 11.6 Å². The summed E-state index contributed by atoms with van der Waals surface area (Å²) in [5.74, 6) is -0.212. The molecule has 0 atom stereocenters. The van der Waals surface area contributed by atoms with E-state index in [4.69, 9.17) is 4.98 Å². The molecule has 1 saturated carbocycles. The lowest BCUT2D eigenvalue weighted by molar-refractivity contribution is -0.119. The largest absolute Gasteiger partial charge is 0.336 e. The molecule has 192 valence electrons. The monoisotopic (exact) mass is 519 g/mol. The summed E-state index contributed by atoms with van der Waals surface area (Å²) in [6, 6.07) is 9.05. The molecule has 1 aliphatic rings. The van der Waals surface area contributed by atoms with Crippen LogP contribution in [0.25, 0.3) is 56.1 Å². The number of anilines is 1. The molecule has 1 aliphatic carbocycles. The normalized spacial score (nSPS) is 13.9. The van der Waals surface area contributed by atoms with E-state index in [1.807, 2.05) is 18.2 Å². The van der Waals surface area contributed by atoms with Crippen LogP contribution in [0.4, 0.5) is 10.1 Å². The molecule has 1 fully saturated rings. The van der Waals surface area contributed by atoms with Crippen molar-refractivity contribution < 1.29 is 9.18 Å². The lowest BCUT2D eigenvalue weighted by Crippen LogP contribution is -2.20. The highest BCUT2D eigenvalue weighted by Gasteiger charge is 2.24. The van der Waals surface area contributed by atoms with Gasteiger partial charge in [0.05, 0.1) is 40.2 Å². The van der Waals surface area contributed by atoms with Gasteiger partial charge in [-0.2, -0.15) is 5.10 Å². The lowest BCUT2D eigenvalue weighted by Gasteiger charge is -2.11. The standard InChI is InChI=1S/C28H22FN9O/c29-22-21-20(14-33-23(22)16-11-17(13-30-12-16)34-28(39)15-5-1-2-6-15)37-38-26(21)27-35-19-8-10-32-24(25(19)36-27)18-7-3-4-9-31-18/h3-4,7-15H,1-2,5-6H2,(H,34,39)(H,35,36)(H,37,38). The summed E-state index contributed by atoms with van der Waals surface area (Å²) in [7, 11) is 0. The first kappa shape index (κ1) is 23.1. The van der Waals surface area contributed by atoms with Crippen molar-refractivity contribution >= 4 is 33.5 Å². The number of carbonyl (C=O) groups excluding carboxylic acids is 1. The summed E-state index contributed by atoms with van der Waals surface area (Å²) >= 11 is 0. The Balaban J connectivity index is 1.28. The maximum Gasteiger partial charge on any atom is 0.227 e. The van der Waals surface area contributed by atoms with Crippen LogP contribution in [0, 0.1) is 11.7 Å². The second-order valence-corrected chi connectivity index (χ2v) is 9.57. The molecule has 0 spiro atoms. The highest BCUT2D eigenvalue weighted by Crippen LogP contribution is 2.34. The average Bonchev–Trinajstić information content (AvgIpc) is 3.73. The second-order valence-electron chi connectivity index (χ2n) is 9.57. The smallest absolute Gasteiger partial charge is 0.227 e. The number of rotatable bonds is 5. The minimum absolute atomic E-state index is 0.00514. The molecular weight excluding hydrogens is 497 g/mol. The molecular formula is C28H22FN9O. The first-order valence-corrected chi connectivity index (χ1v) is 12.7. The van der Waals surface area contributed by atoms with Gasteiger partial charge in [0.1, 0.15) is 22.6 Å². The van der Waals surface area contributed by atoms with Crippen molar-refractivity contribution in [1.29, 1.82) is 0 Å². The predicted octanol–water partition coefficient (Wildman–Crippen LogP) is 5.29. The third-order valence-corrected chi connectivity index (χ3v) is 7.08. The highest BCUT2D eigenvalue weighted by atomic mass is 19.1. The summed E-state index contributed by atoms with van der Waals surface area (Å²) in [6.45, 7) is 0. The van der Waals surface area contributed by atoms with Crippen LogP contribution in [0.2, 0.25) is 0 Å². The fourth-order valence-corrected chi connectivity index (χ4v) is 5.16. The van der Waals surface area contributed by atoms with Gasteiger partial charge in [0.25, 0.3) is 0 Å². The van der Waals surface area contributed by atoms with E-state index >= 15 is 4.39 Å². The molecule has 6 aromatic rings. The number of pyridine rings is 4. The van der Waals surface area contributed by atoms with Gasteiger partial charge in [-0.15, -0.1) is 0 Å². The molecule has 6 aromatic heterocycles. The van der Waals surface area contributed by atoms with Crippen molar-refractivity contribution in [1.82, 2.24) is 40.1 Å². The summed E-state index contributed by atoms with van der Waals surface area (Å²) in [4.78, 5) is 38.0. The quantitative estimate of drug-likeness (QED) is 0.281. The van der Waals surface area contributed by atoms with Gasteiger partial charge in [-0.05, 0) is 37.1 Å². The Morgan fingerprint density at radius 1 is 0.949 bits per heavy atom. The van der Waals surface area contributed by atoms with Crippen molar-refractivity contribution in [2.24, 2.45) is 5.92 Å². The number of hydrogen-bond donors (Lipinski definition) is 3. The van der Waals surface area contributed by atoms with E-state index in [-0.39, 0.29) is 22.9 Å². The summed E-state index contributed by atoms with van der Waals surface area (Å²) in [5, 5.41) is 10.4. The van der Waals surface area contributed by atoms with E-state index < -0.39 is 5.82 Å². The zero-order valence-electron chi connectivity index (χ0n) is 20.6. The van der Waals surface area contributed by atoms with Gasteiger partial charge < -0.3 is 10.3 Å². The number of halogens is 1. The van der Waals surface area contributed by atoms with Crippen LogP contribution in [0.15, 0.2) is 61.3 Å². The Morgan fingerprint density at radius 3 is 2.69 bits per heavy atom. The topological polar surface area (TPSA) is 138 Å². The van der Waals surface area contributed by atoms with Gasteiger partial charge >= 0.3 is 0 Å². The predicted molar refractivity (Wildman–Crippen MR) is 144 cm³/mol. The molecule has 0 aliphatic heterocycles. The average molecular weight is 520 g/mol. The fourth-order valence-electron chi connectivity index (χ4n) is 5.16. The number of hydrogen-bond acceptors (Lipinski definition) is 7. The van der Waals surface area contributed by atoms with Gasteiger partial charge in [-0.25, -0.2) is 9.37 Å². The summed E-state index contributed by atoms with van der Waals surface area (Å²) < 4.78 is 16.1. The Morgan fingerprint density at radius 2 is 1.85 bits per heavy atom. The van der Waals surface area contributed by atoms with Crippen LogP contribution in [0.1, 0.15) is 25.7 Å². The molecule has 39 heavy (non-hydrogen) atoms. The molecule has 0 radical (unpaired) electrons. The van der Waals surface area contributed by atoms with Gasteiger partial charge in [0.2, 0.25) is 5.91 Å². The number of H-pyrrole nitrogens is 2. The van der Waals surface area contributed by atoms with Crippen molar-refractivity contribution in [3.63, 3.8) is 0 Å². The molecule has 0 saturated heterocycles. The number of nitrogens with one attached hydrogen (secondary N) is 3. The maximum absolute atomic E-state index is 16.1. The fraction of sp³-hybridized carbons (Fsp3) is 0.179. The second kappa shape index (κ2) is 9.35. The molecule has 10 nitrogen and oxygen atoms in total. The number of nitrogens with zero attached hydrogens (tertiary/aromatic N) is 6. The van der Waals surface area contributed by atoms with Crippen LogP contribution >= 0.6 is 0 Å². The zero-order valence-corrected chi connectivity index (χ0v) is 20.6. The Kier molecular flexibility index (Phi) is 5.54. The molecule has 0 unspecified atom stereocenters. The van der Waals surface area contributed by atoms with Crippen molar-refractivity contribution in [2.45, 2.75) is 25.7 Å². The van der Waals surface area contributed by atoms with Crippen molar-refractivity contribution in [3.05, 3.63) is 67.1 Å². The van der Waals surface area contributed by atoms with E-state index in [9.17, 15) is 4.79 Å². The van der Waals surface area contributed by atoms with Gasteiger partial charge in [0, 0.05) is 30.1 Å². The van der Waals surface area contributed by atoms with Crippen molar-refractivity contribution in [3.8, 4) is 34.2 Å². The lowest BCUT2D eigenvalue weighted by atomic mass is 10.1. The number of carbonyl (C=O) groups is 1. The molecule has 0 aromatic carbocycles. The van der Waals surface area contributed by atoms with Gasteiger partial charge in [-0.1, -0.05) is 18.9 Å². The van der Waals surface area contributed by atoms with Crippen LogP contribution in [0.3, 0.4) is 0 Å². The van der Waals surface area contributed by atoms with E-state index in [0.29, 0.717) is 45.2 Å².